The van der Waals surface area contributed by atoms with Crippen LogP contribution in [0.25, 0.3) is 0 Å². The Bertz CT molecular complexity index is 424. The Kier molecular flexibility index (Phi) is 6.67. The number of hydrogen-bond acceptors (Lipinski definition) is 3. The number of hydrogen-bond donors (Lipinski definition) is 2. The first-order valence-electron chi connectivity index (χ1n) is 6.49. The predicted octanol–water partition coefficient (Wildman–Crippen LogP) is 3.46. The molecule has 5 heteroatoms. The molecule has 1 aromatic carbocycles. The van der Waals surface area contributed by atoms with Gasteiger partial charge in [-0.25, -0.2) is 0 Å². The first-order chi connectivity index (χ1) is 9.02. The van der Waals surface area contributed by atoms with Crippen LogP contribution in [0, 0.1) is 0 Å². The van der Waals surface area contributed by atoms with Crippen molar-refractivity contribution in [3.05, 3.63) is 23.2 Å². The van der Waals surface area contributed by atoms with Crippen molar-refractivity contribution in [1.29, 1.82) is 0 Å². The third-order valence-electron chi connectivity index (χ3n) is 2.72. The monoisotopic (exact) mass is 284 g/mol. The summed E-state index contributed by atoms with van der Waals surface area (Å²) < 4.78 is 5.53. The molecule has 0 spiro atoms. The van der Waals surface area contributed by atoms with Gasteiger partial charge in [-0.3, -0.25) is 4.79 Å². The van der Waals surface area contributed by atoms with Crippen LogP contribution in [-0.2, 0) is 9.53 Å². The molecule has 0 fully saturated rings. The van der Waals surface area contributed by atoms with Crippen LogP contribution in [0.4, 0.5) is 11.4 Å². The van der Waals surface area contributed by atoms with Gasteiger partial charge in [-0.1, -0.05) is 24.9 Å². The van der Waals surface area contributed by atoms with Crippen LogP contribution in [0.3, 0.4) is 0 Å². The Balaban J connectivity index is 2.37. The van der Waals surface area contributed by atoms with Crippen LogP contribution in [-0.4, -0.2) is 18.6 Å². The maximum Gasteiger partial charge on any atom is 0.226 e. The molecule has 0 aliphatic carbocycles. The highest BCUT2D eigenvalue weighted by atomic mass is 35.5. The molecule has 0 aliphatic rings. The van der Waals surface area contributed by atoms with Crippen molar-refractivity contribution < 1.29 is 9.53 Å². The summed E-state index contributed by atoms with van der Waals surface area (Å²) in [5.74, 6) is -0.127. The zero-order valence-corrected chi connectivity index (χ0v) is 12.2. The third-order valence-corrected chi connectivity index (χ3v) is 2.95. The van der Waals surface area contributed by atoms with Crippen LogP contribution >= 0.6 is 11.6 Å². The number of nitrogens with one attached hydrogen (secondary N) is 1. The second-order valence-electron chi connectivity index (χ2n) is 4.50. The lowest BCUT2D eigenvalue weighted by Gasteiger charge is -2.12. The van der Waals surface area contributed by atoms with Crippen LogP contribution in [0.15, 0.2) is 18.2 Å². The van der Waals surface area contributed by atoms with E-state index in [2.05, 4.69) is 12.2 Å². The number of halogens is 1. The standard InChI is InChI=1S/C14H21ClN2O2/c1-3-4-10(2)19-8-7-14(18)17-13-9-11(15)5-6-12(13)16/h5-6,9-10H,3-4,7-8,16H2,1-2H3,(H,17,18). The lowest BCUT2D eigenvalue weighted by atomic mass is 10.2. The van der Waals surface area contributed by atoms with Crippen molar-refractivity contribution in [2.24, 2.45) is 0 Å². The Morgan fingerprint density at radius 2 is 2.26 bits per heavy atom. The van der Waals surface area contributed by atoms with Gasteiger partial charge < -0.3 is 15.8 Å². The van der Waals surface area contributed by atoms with Crippen molar-refractivity contribution in [2.45, 2.75) is 39.2 Å². The van der Waals surface area contributed by atoms with Gasteiger partial charge in [-0.15, -0.1) is 0 Å². The molecule has 0 bridgehead atoms. The van der Waals surface area contributed by atoms with Gasteiger partial charge in [-0.2, -0.15) is 0 Å². The summed E-state index contributed by atoms with van der Waals surface area (Å²) in [4.78, 5) is 11.7. The molecule has 0 heterocycles. The van der Waals surface area contributed by atoms with Gasteiger partial charge in [0.25, 0.3) is 0 Å². The fourth-order valence-corrected chi connectivity index (χ4v) is 1.86. The highest BCUT2D eigenvalue weighted by Crippen LogP contribution is 2.22. The van der Waals surface area contributed by atoms with Gasteiger partial charge in [0.2, 0.25) is 5.91 Å². The number of benzene rings is 1. The number of nitrogen functional groups attached to an aromatic ring is 1. The molecule has 0 saturated heterocycles. The molecular formula is C14H21ClN2O2. The summed E-state index contributed by atoms with van der Waals surface area (Å²) in [6.45, 7) is 4.53. The van der Waals surface area contributed by atoms with Crippen molar-refractivity contribution in [2.75, 3.05) is 17.7 Å². The fourth-order valence-electron chi connectivity index (χ4n) is 1.69. The number of amides is 1. The second kappa shape index (κ2) is 8.02. The first-order valence-corrected chi connectivity index (χ1v) is 6.87. The van der Waals surface area contributed by atoms with Gasteiger partial charge in [0.15, 0.2) is 0 Å². The summed E-state index contributed by atoms with van der Waals surface area (Å²) in [5.41, 5.74) is 6.79. The van der Waals surface area contributed by atoms with Crippen LogP contribution in [0.5, 0.6) is 0 Å². The summed E-state index contributed by atoms with van der Waals surface area (Å²) in [7, 11) is 0. The van der Waals surface area contributed by atoms with E-state index in [9.17, 15) is 4.79 Å². The molecule has 3 N–H and O–H groups in total. The molecule has 19 heavy (non-hydrogen) atoms. The van der Waals surface area contributed by atoms with Crippen molar-refractivity contribution >= 4 is 28.9 Å². The molecule has 0 aliphatic heterocycles. The van der Waals surface area contributed by atoms with Crippen LogP contribution < -0.4 is 11.1 Å². The minimum absolute atomic E-state index is 0.127. The maximum absolute atomic E-state index is 11.7. The average Bonchev–Trinajstić information content (AvgIpc) is 2.34. The number of anilines is 2. The Hall–Kier alpha value is -1.26. The topological polar surface area (TPSA) is 64.3 Å². The molecule has 0 radical (unpaired) electrons. The molecule has 1 amide bonds. The van der Waals surface area contributed by atoms with E-state index < -0.39 is 0 Å². The second-order valence-corrected chi connectivity index (χ2v) is 4.94. The van der Waals surface area contributed by atoms with E-state index in [1.54, 1.807) is 18.2 Å². The molecule has 0 saturated carbocycles. The smallest absolute Gasteiger partial charge is 0.226 e. The van der Waals surface area contributed by atoms with E-state index in [4.69, 9.17) is 22.1 Å². The minimum Gasteiger partial charge on any atom is -0.397 e. The quantitative estimate of drug-likeness (QED) is 0.754. The number of ether oxygens (including phenoxy) is 1. The largest absolute Gasteiger partial charge is 0.397 e. The van der Waals surface area contributed by atoms with Gasteiger partial charge in [0, 0.05) is 5.02 Å². The van der Waals surface area contributed by atoms with E-state index in [0.717, 1.165) is 12.8 Å². The lowest BCUT2D eigenvalue weighted by Crippen LogP contribution is -2.17. The number of carbonyl (C=O) groups excluding carboxylic acids is 1. The molecule has 1 atom stereocenters. The normalized spacial score (nSPS) is 12.2. The number of rotatable bonds is 7. The zero-order chi connectivity index (χ0) is 14.3. The van der Waals surface area contributed by atoms with Crippen molar-refractivity contribution in [3.63, 3.8) is 0 Å². The van der Waals surface area contributed by atoms with Gasteiger partial charge in [0.05, 0.1) is 30.5 Å². The summed E-state index contributed by atoms with van der Waals surface area (Å²) in [6.07, 6.45) is 2.57. The van der Waals surface area contributed by atoms with E-state index >= 15 is 0 Å². The SMILES string of the molecule is CCCC(C)OCCC(=O)Nc1cc(Cl)ccc1N. The van der Waals surface area contributed by atoms with Crippen molar-refractivity contribution in [3.8, 4) is 0 Å². The molecule has 0 aromatic heterocycles. The van der Waals surface area contributed by atoms with Gasteiger partial charge >= 0.3 is 0 Å². The van der Waals surface area contributed by atoms with E-state index in [1.807, 2.05) is 6.92 Å². The summed E-state index contributed by atoms with van der Waals surface area (Å²) in [6, 6.07) is 4.98. The molecule has 4 nitrogen and oxygen atoms in total. The zero-order valence-electron chi connectivity index (χ0n) is 11.4. The van der Waals surface area contributed by atoms with E-state index in [-0.39, 0.29) is 12.0 Å². The Labute approximate surface area is 119 Å². The number of carbonyl (C=O) groups is 1. The van der Waals surface area contributed by atoms with Crippen molar-refractivity contribution in [1.82, 2.24) is 0 Å². The molecule has 1 unspecified atom stereocenters. The Morgan fingerprint density at radius 1 is 1.53 bits per heavy atom. The molecular weight excluding hydrogens is 264 g/mol. The van der Waals surface area contributed by atoms with Gasteiger partial charge in [0.1, 0.15) is 0 Å². The Morgan fingerprint density at radius 3 is 2.95 bits per heavy atom. The third kappa shape index (κ3) is 5.94. The molecule has 106 valence electrons. The number of nitrogens with two attached hydrogens (primary N) is 1. The van der Waals surface area contributed by atoms with E-state index in [1.165, 1.54) is 0 Å². The minimum atomic E-state index is -0.127. The van der Waals surface area contributed by atoms with Gasteiger partial charge in [-0.05, 0) is 31.5 Å². The molecule has 1 aromatic rings. The fraction of sp³-hybridized carbons (Fsp3) is 0.500. The van der Waals surface area contributed by atoms with Crippen LogP contribution in [0.2, 0.25) is 5.02 Å². The average molecular weight is 285 g/mol. The summed E-state index contributed by atoms with van der Waals surface area (Å²) >= 11 is 5.85. The first kappa shape index (κ1) is 15.8. The highest BCUT2D eigenvalue weighted by molar-refractivity contribution is 6.31. The summed E-state index contributed by atoms with van der Waals surface area (Å²) in [5, 5.41) is 3.27. The lowest BCUT2D eigenvalue weighted by molar-refractivity contribution is -0.117. The van der Waals surface area contributed by atoms with E-state index in [0.29, 0.717) is 29.4 Å². The highest BCUT2D eigenvalue weighted by Gasteiger charge is 2.07. The van der Waals surface area contributed by atoms with Crippen LogP contribution in [0.1, 0.15) is 33.1 Å². The molecule has 1 rings (SSSR count). The maximum atomic E-state index is 11.7. The predicted molar refractivity (Wildman–Crippen MR) is 79.4 cm³/mol.